The fourth-order valence-corrected chi connectivity index (χ4v) is 5.03. The van der Waals surface area contributed by atoms with Gasteiger partial charge in [0.15, 0.2) is 11.6 Å². The molecule has 0 spiro atoms. The van der Waals surface area contributed by atoms with Gasteiger partial charge in [0, 0.05) is 43.0 Å². The average molecular weight is 523 g/mol. The fraction of sp³-hybridized carbons (Fsp3) is 0.250. The first-order chi connectivity index (χ1) is 17.7. The van der Waals surface area contributed by atoms with Gasteiger partial charge in [0.1, 0.15) is 22.9 Å². The SMILES string of the molecule is C=C(F)C(=O)N1CCN(c2nc(C(C)C)nc3c(F)c(-c4cc(O)cc5ccccc45)c(Cl)cc23)CC1. The van der Waals surface area contributed by atoms with Crippen molar-refractivity contribution in [2.24, 2.45) is 0 Å². The number of hydrogen-bond acceptors (Lipinski definition) is 5. The number of carbonyl (C=O) groups is 1. The van der Waals surface area contributed by atoms with E-state index in [1.807, 2.05) is 43.0 Å². The summed E-state index contributed by atoms with van der Waals surface area (Å²) < 4.78 is 29.7. The van der Waals surface area contributed by atoms with Crippen LogP contribution in [-0.4, -0.2) is 52.1 Å². The van der Waals surface area contributed by atoms with Gasteiger partial charge < -0.3 is 14.9 Å². The number of rotatable bonds is 4. The van der Waals surface area contributed by atoms with Gasteiger partial charge >= 0.3 is 0 Å². The Kier molecular flexibility index (Phi) is 6.45. The molecule has 1 aliphatic rings. The number of aromatic hydroxyl groups is 1. The van der Waals surface area contributed by atoms with Gasteiger partial charge in [0.25, 0.3) is 5.91 Å². The molecule has 5 rings (SSSR count). The Morgan fingerprint density at radius 1 is 1.08 bits per heavy atom. The van der Waals surface area contributed by atoms with Crippen molar-refractivity contribution in [3.63, 3.8) is 0 Å². The minimum absolute atomic E-state index is 0.00103. The number of fused-ring (bicyclic) bond motifs is 2. The van der Waals surface area contributed by atoms with Crippen LogP contribution in [0.1, 0.15) is 25.6 Å². The van der Waals surface area contributed by atoms with E-state index in [0.717, 1.165) is 10.8 Å². The molecule has 0 unspecified atom stereocenters. The Hall–Kier alpha value is -3.78. The summed E-state index contributed by atoms with van der Waals surface area (Å²) in [6, 6.07) is 12.1. The van der Waals surface area contributed by atoms with Gasteiger partial charge in [-0.05, 0) is 34.5 Å². The van der Waals surface area contributed by atoms with Crippen molar-refractivity contribution in [1.82, 2.24) is 14.9 Å². The molecule has 6 nitrogen and oxygen atoms in total. The van der Waals surface area contributed by atoms with E-state index in [9.17, 15) is 14.3 Å². The second kappa shape index (κ2) is 9.59. The maximum absolute atomic E-state index is 16.3. The molecular formula is C28H25ClF2N4O2. The van der Waals surface area contributed by atoms with Crippen molar-refractivity contribution in [3.05, 3.63) is 71.5 Å². The van der Waals surface area contributed by atoms with Crippen molar-refractivity contribution in [2.75, 3.05) is 31.1 Å². The van der Waals surface area contributed by atoms with E-state index in [0.29, 0.717) is 35.7 Å². The number of anilines is 1. The Morgan fingerprint density at radius 3 is 2.46 bits per heavy atom. The van der Waals surface area contributed by atoms with Crippen LogP contribution in [0, 0.1) is 5.82 Å². The molecule has 0 atom stereocenters. The molecule has 0 radical (unpaired) electrons. The van der Waals surface area contributed by atoms with Crippen LogP contribution in [0.25, 0.3) is 32.8 Å². The number of phenolic OH excluding ortho intramolecular Hbond substituents is 1. The standard InChI is InChI=1S/C28H25ClF2N4O2/c1-15(2)26-32-25-21(27(33-26)34-8-10-35(11-9-34)28(37)16(3)30)14-22(29)23(24(25)31)20-13-18(36)12-17-6-4-5-7-19(17)20/h4-7,12-15,36H,3,8-11H2,1-2H3. The van der Waals surface area contributed by atoms with E-state index in [2.05, 4.69) is 11.6 Å². The Bertz CT molecular complexity index is 1570. The normalized spacial score (nSPS) is 14.1. The summed E-state index contributed by atoms with van der Waals surface area (Å²) in [5, 5.41) is 12.4. The van der Waals surface area contributed by atoms with Crippen molar-refractivity contribution < 1.29 is 18.7 Å². The first-order valence-electron chi connectivity index (χ1n) is 12.0. The van der Waals surface area contributed by atoms with Gasteiger partial charge in [-0.2, -0.15) is 0 Å². The van der Waals surface area contributed by atoms with Crippen LogP contribution >= 0.6 is 11.6 Å². The number of amides is 1. The number of halogens is 3. The van der Waals surface area contributed by atoms with Crippen LogP contribution in [0.4, 0.5) is 14.6 Å². The molecular weight excluding hydrogens is 498 g/mol. The lowest BCUT2D eigenvalue weighted by atomic mass is 9.96. The third-order valence-electron chi connectivity index (χ3n) is 6.61. The second-order valence-corrected chi connectivity index (χ2v) is 9.81. The molecule has 190 valence electrons. The Labute approximate surface area is 217 Å². The first kappa shape index (κ1) is 24.9. The van der Waals surface area contributed by atoms with E-state index in [-0.39, 0.29) is 40.9 Å². The van der Waals surface area contributed by atoms with Gasteiger partial charge in [-0.3, -0.25) is 4.79 Å². The molecule has 1 amide bonds. The molecule has 2 heterocycles. The number of hydrogen-bond donors (Lipinski definition) is 1. The highest BCUT2D eigenvalue weighted by Crippen LogP contribution is 2.42. The second-order valence-electron chi connectivity index (χ2n) is 9.40. The van der Waals surface area contributed by atoms with Crippen LogP contribution in [-0.2, 0) is 4.79 Å². The predicted molar refractivity (Wildman–Crippen MR) is 142 cm³/mol. The third kappa shape index (κ3) is 4.46. The number of aromatic nitrogens is 2. The smallest absolute Gasteiger partial charge is 0.282 e. The average Bonchev–Trinajstić information content (AvgIpc) is 2.87. The number of benzene rings is 3. The molecule has 1 aromatic heterocycles. The molecule has 0 bridgehead atoms. The van der Waals surface area contributed by atoms with E-state index in [4.69, 9.17) is 16.6 Å². The molecule has 1 saturated heterocycles. The topological polar surface area (TPSA) is 69.6 Å². The summed E-state index contributed by atoms with van der Waals surface area (Å²) in [6.45, 7) is 8.23. The minimum atomic E-state index is -0.996. The fourth-order valence-electron chi connectivity index (χ4n) is 4.74. The summed E-state index contributed by atoms with van der Waals surface area (Å²) in [5.74, 6) is -1.44. The van der Waals surface area contributed by atoms with E-state index in [1.54, 1.807) is 12.1 Å². The molecule has 1 fully saturated rings. The van der Waals surface area contributed by atoms with Gasteiger partial charge in [0.2, 0.25) is 0 Å². The van der Waals surface area contributed by atoms with Crippen LogP contribution in [0.5, 0.6) is 5.75 Å². The third-order valence-corrected chi connectivity index (χ3v) is 6.91. The number of piperazine rings is 1. The summed E-state index contributed by atoms with van der Waals surface area (Å²) >= 11 is 6.71. The maximum Gasteiger partial charge on any atom is 0.282 e. The van der Waals surface area contributed by atoms with E-state index < -0.39 is 17.6 Å². The lowest BCUT2D eigenvalue weighted by molar-refractivity contribution is -0.128. The summed E-state index contributed by atoms with van der Waals surface area (Å²) in [5.41, 5.74) is 0.735. The van der Waals surface area contributed by atoms with Crippen molar-refractivity contribution >= 4 is 45.0 Å². The highest BCUT2D eigenvalue weighted by Gasteiger charge is 2.27. The predicted octanol–water partition coefficient (Wildman–Crippen LogP) is 6.20. The zero-order chi connectivity index (χ0) is 26.4. The first-order valence-corrected chi connectivity index (χ1v) is 12.3. The highest BCUT2D eigenvalue weighted by molar-refractivity contribution is 6.35. The number of phenols is 1. The largest absolute Gasteiger partial charge is 0.508 e. The zero-order valence-electron chi connectivity index (χ0n) is 20.4. The quantitative estimate of drug-likeness (QED) is 0.323. The minimum Gasteiger partial charge on any atom is -0.508 e. The van der Waals surface area contributed by atoms with Crippen molar-refractivity contribution in [1.29, 1.82) is 0 Å². The molecule has 9 heteroatoms. The van der Waals surface area contributed by atoms with Gasteiger partial charge in [-0.15, -0.1) is 0 Å². The van der Waals surface area contributed by atoms with E-state index >= 15 is 4.39 Å². The summed E-state index contributed by atoms with van der Waals surface area (Å²) in [7, 11) is 0. The number of nitrogens with zero attached hydrogens (tertiary/aromatic N) is 4. The van der Waals surface area contributed by atoms with Crippen LogP contribution in [0.2, 0.25) is 5.02 Å². The monoisotopic (exact) mass is 522 g/mol. The van der Waals surface area contributed by atoms with Gasteiger partial charge in [0.05, 0.1) is 5.02 Å². The lowest BCUT2D eigenvalue weighted by Crippen LogP contribution is -2.49. The highest BCUT2D eigenvalue weighted by atomic mass is 35.5. The number of carbonyl (C=O) groups excluding carboxylic acids is 1. The molecule has 0 saturated carbocycles. The van der Waals surface area contributed by atoms with Gasteiger partial charge in [-0.1, -0.05) is 56.3 Å². The Morgan fingerprint density at radius 2 is 1.78 bits per heavy atom. The summed E-state index contributed by atoms with van der Waals surface area (Å²) in [4.78, 5) is 24.6. The molecule has 4 aromatic rings. The van der Waals surface area contributed by atoms with Gasteiger partial charge in [-0.25, -0.2) is 18.7 Å². The lowest BCUT2D eigenvalue weighted by Gasteiger charge is -2.35. The van der Waals surface area contributed by atoms with Crippen molar-refractivity contribution in [3.8, 4) is 16.9 Å². The molecule has 1 aliphatic heterocycles. The maximum atomic E-state index is 16.3. The summed E-state index contributed by atoms with van der Waals surface area (Å²) in [6.07, 6.45) is 0. The Balaban J connectivity index is 1.67. The van der Waals surface area contributed by atoms with Crippen molar-refractivity contribution in [2.45, 2.75) is 19.8 Å². The molecule has 3 aromatic carbocycles. The molecule has 37 heavy (non-hydrogen) atoms. The van der Waals surface area contributed by atoms with Crippen LogP contribution in [0.3, 0.4) is 0 Å². The van der Waals surface area contributed by atoms with E-state index in [1.165, 1.54) is 11.0 Å². The van der Waals surface area contributed by atoms with Crippen LogP contribution < -0.4 is 4.90 Å². The molecule has 1 N–H and O–H groups in total. The molecule has 0 aliphatic carbocycles. The van der Waals surface area contributed by atoms with Crippen LogP contribution in [0.15, 0.2) is 54.9 Å². The zero-order valence-corrected chi connectivity index (χ0v) is 21.2.